The molecule has 4 heterocycles. The molecule has 2 aliphatic rings. The molecule has 1 unspecified atom stereocenters. The Morgan fingerprint density at radius 3 is 2.37 bits per heavy atom. The van der Waals surface area contributed by atoms with Crippen LogP contribution in [0.3, 0.4) is 0 Å². The topological polar surface area (TPSA) is 120 Å². The summed E-state index contributed by atoms with van der Waals surface area (Å²) in [6, 6.07) is 13.5. The minimum Gasteiger partial charge on any atom is -0.462 e. The van der Waals surface area contributed by atoms with Gasteiger partial charge in [-0.3, -0.25) is 4.79 Å². The zero-order valence-corrected chi connectivity index (χ0v) is 28.3. The number of benzene rings is 2. The zero-order valence-electron chi connectivity index (χ0n) is 28.3. The predicted octanol–water partition coefficient (Wildman–Crippen LogP) is 6.42. The SMILES string of the molecule is Cc1ccn(-c2cc(-c3ccc(C)c(C)c3)ccc2C(Oc2cc(N3CCC4(CC3)CN[C@H](C(=O)OC(C)C)C4)nc(N)n2)C(F)(F)F)n1. The fourth-order valence-corrected chi connectivity index (χ4v) is 6.68. The summed E-state index contributed by atoms with van der Waals surface area (Å²) in [5, 5.41) is 7.75. The highest BCUT2D eigenvalue weighted by molar-refractivity contribution is 5.76. The molecule has 6 rings (SSSR count). The Balaban J connectivity index is 1.26. The second kappa shape index (κ2) is 13.3. The second-order valence-electron chi connectivity index (χ2n) is 13.5. The predicted molar refractivity (Wildman–Crippen MR) is 181 cm³/mol. The molecule has 49 heavy (non-hydrogen) atoms. The van der Waals surface area contributed by atoms with E-state index in [9.17, 15) is 18.0 Å². The normalized spacial score (nSPS) is 18.2. The van der Waals surface area contributed by atoms with E-state index < -0.39 is 12.3 Å². The fourth-order valence-electron chi connectivity index (χ4n) is 6.68. The standard InChI is InChI=1S/C36H42F3N7O3/c1-21(2)48-33(47)28-19-35(20-41-28)11-14-45(15-12-35)30-18-31(43-34(40)42-30)49-32(36(37,38)39)27-9-8-26(25-7-6-22(3)23(4)16-25)17-29(27)46-13-10-24(5)44-46/h6-10,13,16-18,21,28,32,41H,11-12,14-15,19-20H2,1-5H3,(H2,40,42,43)/t28-,32?/m0/s1. The number of anilines is 2. The van der Waals surface area contributed by atoms with Crippen LogP contribution in [0.1, 0.15) is 61.6 Å². The Morgan fingerprint density at radius 2 is 1.71 bits per heavy atom. The molecule has 1 spiro atoms. The number of nitrogen functional groups attached to an aromatic ring is 1. The number of ether oxygens (including phenoxy) is 2. The maximum Gasteiger partial charge on any atom is 0.429 e. The van der Waals surface area contributed by atoms with Crippen LogP contribution in [0.5, 0.6) is 5.88 Å². The van der Waals surface area contributed by atoms with Crippen LogP contribution in [0.4, 0.5) is 24.9 Å². The number of nitrogens with zero attached hydrogens (tertiary/aromatic N) is 5. The summed E-state index contributed by atoms with van der Waals surface area (Å²) in [7, 11) is 0. The second-order valence-corrected chi connectivity index (χ2v) is 13.5. The van der Waals surface area contributed by atoms with Crippen molar-refractivity contribution in [2.75, 3.05) is 30.3 Å². The number of hydrogen-bond acceptors (Lipinski definition) is 9. The van der Waals surface area contributed by atoms with Crippen LogP contribution in [0, 0.1) is 26.2 Å². The number of halogens is 3. The molecule has 13 heteroatoms. The summed E-state index contributed by atoms with van der Waals surface area (Å²) in [5.41, 5.74) is 10.5. The molecule has 3 N–H and O–H groups in total. The van der Waals surface area contributed by atoms with Crippen LogP contribution in [-0.2, 0) is 9.53 Å². The first-order chi connectivity index (χ1) is 23.2. The maximum atomic E-state index is 14.9. The molecule has 0 saturated carbocycles. The van der Waals surface area contributed by atoms with Gasteiger partial charge in [-0.15, -0.1) is 0 Å². The fraction of sp³-hybridized carbons (Fsp3) is 0.444. The van der Waals surface area contributed by atoms with E-state index in [4.69, 9.17) is 15.2 Å². The lowest BCUT2D eigenvalue weighted by atomic mass is 9.76. The number of nitrogens with two attached hydrogens (primary N) is 1. The van der Waals surface area contributed by atoms with Crippen molar-refractivity contribution in [2.45, 2.75) is 78.3 Å². The first-order valence-corrected chi connectivity index (χ1v) is 16.5. The van der Waals surface area contributed by atoms with Crippen molar-refractivity contribution >= 4 is 17.7 Å². The van der Waals surface area contributed by atoms with Gasteiger partial charge in [0.25, 0.3) is 0 Å². The molecule has 2 atom stereocenters. The lowest BCUT2D eigenvalue weighted by Crippen LogP contribution is -2.41. The average molecular weight is 678 g/mol. The molecular formula is C36H42F3N7O3. The Kier molecular flexibility index (Phi) is 9.31. The molecule has 2 aromatic heterocycles. The number of aromatic nitrogens is 4. The van der Waals surface area contributed by atoms with Gasteiger partial charge in [0, 0.05) is 37.5 Å². The van der Waals surface area contributed by atoms with Crippen molar-refractivity contribution in [3.63, 3.8) is 0 Å². The third kappa shape index (κ3) is 7.51. The van der Waals surface area contributed by atoms with E-state index in [1.54, 1.807) is 31.3 Å². The first kappa shape index (κ1) is 34.2. The number of nitrogens with one attached hydrogen (secondary N) is 1. The number of aryl methyl sites for hydroxylation is 3. The van der Waals surface area contributed by atoms with Crippen molar-refractivity contribution in [1.29, 1.82) is 0 Å². The highest BCUT2D eigenvalue weighted by Crippen LogP contribution is 2.43. The lowest BCUT2D eigenvalue weighted by Gasteiger charge is -2.39. The smallest absolute Gasteiger partial charge is 0.429 e. The first-order valence-electron chi connectivity index (χ1n) is 16.5. The van der Waals surface area contributed by atoms with E-state index >= 15 is 0 Å². The molecule has 2 fully saturated rings. The molecule has 4 aromatic rings. The van der Waals surface area contributed by atoms with Gasteiger partial charge in [-0.25, -0.2) is 4.68 Å². The Hall–Kier alpha value is -4.65. The lowest BCUT2D eigenvalue weighted by molar-refractivity contribution is -0.198. The number of piperidine rings is 1. The van der Waals surface area contributed by atoms with Crippen LogP contribution in [-0.4, -0.2) is 63.7 Å². The van der Waals surface area contributed by atoms with Gasteiger partial charge in [0.1, 0.15) is 11.9 Å². The van der Waals surface area contributed by atoms with Gasteiger partial charge in [0.15, 0.2) is 0 Å². The van der Waals surface area contributed by atoms with Gasteiger partial charge in [-0.1, -0.05) is 30.3 Å². The van der Waals surface area contributed by atoms with Gasteiger partial charge in [0.2, 0.25) is 17.9 Å². The summed E-state index contributed by atoms with van der Waals surface area (Å²) in [5.74, 6) is -0.344. The number of esters is 1. The molecular weight excluding hydrogens is 635 g/mol. The van der Waals surface area contributed by atoms with Crippen molar-refractivity contribution in [3.05, 3.63) is 77.1 Å². The van der Waals surface area contributed by atoms with Gasteiger partial charge >= 0.3 is 12.1 Å². The van der Waals surface area contributed by atoms with Crippen LogP contribution in [0.15, 0.2) is 54.7 Å². The summed E-state index contributed by atoms with van der Waals surface area (Å²) < 4.78 is 57.3. The van der Waals surface area contributed by atoms with Crippen molar-refractivity contribution in [1.82, 2.24) is 25.1 Å². The molecule has 0 radical (unpaired) electrons. The number of hydrogen-bond donors (Lipinski definition) is 2. The molecule has 0 amide bonds. The number of alkyl halides is 3. The minimum atomic E-state index is -4.81. The van der Waals surface area contributed by atoms with Crippen molar-refractivity contribution < 1.29 is 27.4 Å². The highest BCUT2D eigenvalue weighted by Gasteiger charge is 2.46. The average Bonchev–Trinajstić information content (AvgIpc) is 3.67. The van der Waals surface area contributed by atoms with E-state index in [-0.39, 0.29) is 46.6 Å². The third-order valence-corrected chi connectivity index (χ3v) is 9.51. The van der Waals surface area contributed by atoms with E-state index in [1.165, 1.54) is 16.8 Å². The Labute approximate surface area is 283 Å². The van der Waals surface area contributed by atoms with Crippen LogP contribution in [0.25, 0.3) is 16.8 Å². The summed E-state index contributed by atoms with van der Waals surface area (Å²) in [6.45, 7) is 11.3. The van der Waals surface area contributed by atoms with Crippen LogP contribution >= 0.6 is 0 Å². The summed E-state index contributed by atoms with van der Waals surface area (Å²) in [6.07, 6.45) is -3.55. The number of carbonyl (C=O) groups is 1. The zero-order chi connectivity index (χ0) is 35.1. The largest absolute Gasteiger partial charge is 0.462 e. The monoisotopic (exact) mass is 677 g/mol. The van der Waals surface area contributed by atoms with Gasteiger partial charge in [-0.05, 0) is 93.7 Å². The summed E-state index contributed by atoms with van der Waals surface area (Å²) >= 11 is 0. The van der Waals surface area contributed by atoms with Crippen LogP contribution < -0.4 is 20.7 Å². The molecule has 2 aliphatic heterocycles. The summed E-state index contributed by atoms with van der Waals surface area (Å²) in [4.78, 5) is 22.9. The van der Waals surface area contributed by atoms with Crippen molar-refractivity contribution in [3.8, 4) is 22.7 Å². The maximum absolute atomic E-state index is 14.9. The van der Waals surface area contributed by atoms with Gasteiger partial charge in [-0.2, -0.15) is 28.2 Å². The van der Waals surface area contributed by atoms with E-state index in [1.807, 2.05) is 50.8 Å². The van der Waals surface area contributed by atoms with E-state index in [0.717, 1.165) is 35.1 Å². The van der Waals surface area contributed by atoms with Crippen LogP contribution in [0.2, 0.25) is 0 Å². The molecule has 10 nitrogen and oxygen atoms in total. The molecule has 2 aromatic carbocycles. The third-order valence-electron chi connectivity index (χ3n) is 9.51. The van der Waals surface area contributed by atoms with Gasteiger partial charge < -0.3 is 25.4 Å². The molecule has 0 aliphatic carbocycles. The van der Waals surface area contributed by atoms with Crippen molar-refractivity contribution in [2.24, 2.45) is 5.41 Å². The highest BCUT2D eigenvalue weighted by atomic mass is 19.4. The van der Waals surface area contributed by atoms with Gasteiger partial charge in [0.05, 0.1) is 17.5 Å². The van der Waals surface area contributed by atoms with E-state index in [2.05, 4.69) is 20.4 Å². The van der Waals surface area contributed by atoms with E-state index in [0.29, 0.717) is 37.6 Å². The number of rotatable bonds is 8. The Morgan fingerprint density at radius 1 is 1.00 bits per heavy atom. The minimum absolute atomic E-state index is 0.0822. The number of carbonyl (C=O) groups excluding carboxylic acids is 1. The molecule has 2 saturated heterocycles. The quantitative estimate of drug-likeness (QED) is 0.204. The molecule has 260 valence electrons. The Bertz CT molecular complexity index is 1830. The molecule has 0 bridgehead atoms.